The van der Waals surface area contributed by atoms with Gasteiger partial charge in [0.2, 0.25) is 10.0 Å². The number of anilines is 2. The molecule has 4 rings (SSSR count). The third kappa shape index (κ3) is 7.58. The number of nitrogens with one attached hydrogen (secondary N) is 3. The number of carbonyl (C=O) groups excluding carboxylic acids is 1. The number of pyridine rings is 1. The molecule has 3 N–H and O–H groups in total. The molecule has 0 aliphatic heterocycles. The summed E-state index contributed by atoms with van der Waals surface area (Å²) >= 11 is 1.53. The Morgan fingerprint density at radius 1 is 1.07 bits per heavy atom. The van der Waals surface area contributed by atoms with Gasteiger partial charge in [-0.2, -0.15) is 0 Å². The van der Waals surface area contributed by atoms with E-state index in [1.807, 2.05) is 38.1 Å². The second kappa shape index (κ2) is 13.1. The van der Waals surface area contributed by atoms with Crippen molar-refractivity contribution in [3.05, 3.63) is 53.3 Å². The zero-order valence-corrected chi connectivity index (χ0v) is 25.4. The van der Waals surface area contributed by atoms with Gasteiger partial charge in [-0.15, -0.1) is 11.3 Å². The van der Waals surface area contributed by atoms with E-state index in [0.717, 1.165) is 41.1 Å². The minimum absolute atomic E-state index is 0.0922. The molecule has 1 aromatic carbocycles. The average molecular weight is 586 g/mol. The maximum absolute atomic E-state index is 13.3. The Bertz CT molecular complexity index is 1410. The second-order valence-electron chi connectivity index (χ2n) is 10.7. The van der Waals surface area contributed by atoms with E-state index in [2.05, 4.69) is 34.2 Å². The monoisotopic (exact) mass is 585 g/mol. The summed E-state index contributed by atoms with van der Waals surface area (Å²) < 4.78 is 34.4. The molecular weight excluding hydrogens is 546 g/mol. The summed E-state index contributed by atoms with van der Waals surface area (Å²) in [6, 6.07) is 9.40. The quantitative estimate of drug-likeness (QED) is 0.247. The first-order valence-electron chi connectivity index (χ1n) is 13.9. The highest BCUT2D eigenvalue weighted by Crippen LogP contribution is 2.40. The lowest BCUT2D eigenvalue weighted by molar-refractivity contribution is 0.109. The predicted molar refractivity (Wildman–Crippen MR) is 160 cm³/mol. The third-order valence-corrected chi connectivity index (χ3v) is 9.64. The summed E-state index contributed by atoms with van der Waals surface area (Å²) in [5, 5.41) is 7.21. The van der Waals surface area contributed by atoms with Crippen LogP contribution in [0.5, 0.6) is 0 Å². The van der Waals surface area contributed by atoms with Crippen LogP contribution in [0.15, 0.2) is 47.6 Å². The topological polar surface area (TPSA) is 122 Å². The molecule has 2 aromatic heterocycles. The SMILES string of the molecule is CCNS(=O)(=O)c1cc(Nc2cc(C(C)C)ccn2)ccc1-c1cnc([C@H]2CC[C@H](NC(=O)OC(C)C)CC2)s1. The van der Waals surface area contributed by atoms with E-state index in [0.29, 0.717) is 23.0 Å². The second-order valence-corrected chi connectivity index (χ2v) is 13.5. The number of alkyl carbamates (subject to hydrolysis) is 1. The van der Waals surface area contributed by atoms with Crippen LogP contribution in [0.4, 0.5) is 16.3 Å². The maximum Gasteiger partial charge on any atom is 0.407 e. The zero-order chi connectivity index (χ0) is 28.9. The minimum atomic E-state index is -3.75. The van der Waals surface area contributed by atoms with Gasteiger partial charge in [0.1, 0.15) is 5.82 Å². The number of carbonyl (C=O) groups is 1. The van der Waals surface area contributed by atoms with Crippen LogP contribution >= 0.6 is 11.3 Å². The number of thiazole rings is 1. The Kier molecular flexibility index (Phi) is 9.81. The number of benzene rings is 1. The summed E-state index contributed by atoms with van der Waals surface area (Å²) in [6.45, 7) is 9.94. The highest BCUT2D eigenvalue weighted by molar-refractivity contribution is 7.89. The molecule has 0 spiro atoms. The molecule has 1 fully saturated rings. The first kappa shape index (κ1) is 30.0. The summed E-state index contributed by atoms with van der Waals surface area (Å²) in [4.78, 5) is 22.1. The molecule has 1 saturated carbocycles. The van der Waals surface area contributed by atoms with Gasteiger partial charge >= 0.3 is 6.09 Å². The van der Waals surface area contributed by atoms with Crippen LogP contribution < -0.4 is 15.4 Å². The number of aromatic nitrogens is 2. The molecule has 9 nitrogen and oxygen atoms in total. The van der Waals surface area contributed by atoms with Crippen molar-refractivity contribution in [2.75, 3.05) is 11.9 Å². The summed E-state index contributed by atoms with van der Waals surface area (Å²) in [5.41, 5.74) is 2.40. The molecule has 0 saturated heterocycles. The Hall–Kier alpha value is -3.02. The molecule has 0 unspecified atom stereocenters. The molecule has 1 aliphatic rings. The fourth-order valence-corrected chi connectivity index (χ4v) is 7.29. The van der Waals surface area contributed by atoms with E-state index in [-0.39, 0.29) is 35.6 Å². The highest BCUT2D eigenvalue weighted by Gasteiger charge is 2.27. The van der Waals surface area contributed by atoms with Crippen molar-refractivity contribution < 1.29 is 17.9 Å². The summed E-state index contributed by atoms with van der Waals surface area (Å²) in [5.74, 6) is 1.28. The van der Waals surface area contributed by atoms with E-state index in [4.69, 9.17) is 9.72 Å². The number of rotatable bonds is 10. The van der Waals surface area contributed by atoms with Crippen molar-refractivity contribution in [1.82, 2.24) is 20.0 Å². The van der Waals surface area contributed by atoms with Gasteiger partial charge in [-0.1, -0.05) is 26.8 Å². The van der Waals surface area contributed by atoms with Crippen LogP contribution in [0, 0.1) is 0 Å². The number of hydrogen-bond acceptors (Lipinski definition) is 8. The first-order valence-corrected chi connectivity index (χ1v) is 16.2. The van der Waals surface area contributed by atoms with Gasteiger partial charge in [0.25, 0.3) is 0 Å². The van der Waals surface area contributed by atoms with Gasteiger partial charge in [-0.25, -0.2) is 27.9 Å². The number of nitrogens with zero attached hydrogens (tertiary/aromatic N) is 2. The van der Waals surface area contributed by atoms with Gasteiger partial charge in [-0.3, -0.25) is 0 Å². The molecule has 0 atom stereocenters. The van der Waals surface area contributed by atoms with Gasteiger partial charge in [-0.05, 0) is 75.3 Å². The lowest BCUT2D eigenvalue weighted by atomic mass is 9.86. The molecule has 40 heavy (non-hydrogen) atoms. The number of ether oxygens (including phenoxy) is 1. The van der Waals surface area contributed by atoms with Crippen molar-refractivity contribution in [3.63, 3.8) is 0 Å². The van der Waals surface area contributed by atoms with Crippen molar-refractivity contribution in [2.24, 2.45) is 0 Å². The average Bonchev–Trinajstić information content (AvgIpc) is 3.39. The van der Waals surface area contributed by atoms with E-state index < -0.39 is 10.0 Å². The Morgan fingerprint density at radius 2 is 1.82 bits per heavy atom. The lowest BCUT2D eigenvalue weighted by Crippen LogP contribution is -2.38. The Morgan fingerprint density at radius 3 is 2.50 bits per heavy atom. The van der Waals surface area contributed by atoms with Crippen LogP contribution in [-0.2, 0) is 14.8 Å². The number of amides is 1. The van der Waals surface area contributed by atoms with Crippen molar-refractivity contribution >= 4 is 39.0 Å². The van der Waals surface area contributed by atoms with Gasteiger partial charge < -0.3 is 15.4 Å². The standard InChI is InChI=1S/C29H39N5O4S2/c1-6-32-40(36,37)26-16-23(33-27-15-21(18(2)3)13-14-30-27)11-12-24(26)25-17-31-28(39-25)20-7-9-22(10-8-20)34-29(35)38-19(4)5/h11-20,22,32H,6-10H2,1-5H3,(H,30,33)(H,34,35)/t20-,22-. The first-order chi connectivity index (χ1) is 19.1. The zero-order valence-electron chi connectivity index (χ0n) is 23.7. The predicted octanol–water partition coefficient (Wildman–Crippen LogP) is 6.53. The fourth-order valence-electron chi connectivity index (χ4n) is 4.82. The molecule has 1 aliphatic carbocycles. The number of sulfonamides is 1. The molecule has 3 aromatic rings. The smallest absolute Gasteiger partial charge is 0.407 e. The van der Waals surface area contributed by atoms with Gasteiger partial charge in [0.15, 0.2) is 0 Å². The third-order valence-electron chi connectivity index (χ3n) is 6.86. The largest absolute Gasteiger partial charge is 0.447 e. The minimum Gasteiger partial charge on any atom is -0.447 e. The van der Waals surface area contributed by atoms with E-state index in [1.165, 1.54) is 11.3 Å². The van der Waals surface area contributed by atoms with Crippen LogP contribution in [0.25, 0.3) is 10.4 Å². The molecular formula is C29H39N5O4S2. The highest BCUT2D eigenvalue weighted by atomic mass is 32.2. The van der Waals surface area contributed by atoms with E-state index in [1.54, 1.807) is 25.4 Å². The van der Waals surface area contributed by atoms with Gasteiger partial charge in [0, 0.05) is 42.1 Å². The van der Waals surface area contributed by atoms with E-state index >= 15 is 0 Å². The summed E-state index contributed by atoms with van der Waals surface area (Å²) in [6.07, 6.45) is 6.49. The van der Waals surface area contributed by atoms with Crippen molar-refractivity contribution in [2.45, 2.75) is 89.2 Å². The molecule has 11 heteroatoms. The van der Waals surface area contributed by atoms with E-state index in [9.17, 15) is 13.2 Å². The molecule has 2 heterocycles. The van der Waals surface area contributed by atoms with Crippen molar-refractivity contribution in [1.29, 1.82) is 0 Å². The Labute approximate surface area is 241 Å². The normalized spacial score (nSPS) is 17.7. The summed E-state index contributed by atoms with van der Waals surface area (Å²) in [7, 11) is -3.75. The molecule has 0 radical (unpaired) electrons. The fraction of sp³-hybridized carbons (Fsp3) is 0.483. The van der Waals surface area contributed by atoms with Crippen LogP contribution in [0.3, 0.4) is 0 Å². The molecule has 216 valence electrons. The van der Waals surface area contributed by atoms with Crippen LogP contribution in [-0.4, -0.2) is 43.2 Å². The molecule has 1 amide bonds. The van der Waals surface area contributed by atoms with Crippen molar-refractivity contribution in [3.8, 4) is 10.4 Å². The number of hydrogen-bond donors (Lipinski definition) is 3. The molecule has 0 bridgehead atoms. The maximum atomic E-state index is 13.3. The Balaban J connectivity index is 1.53. The van der Waals surface area contributed by atoms with Gasteiger partial charge in [0.05, 0.1) is 20.9 Å². The van der Waals surface area contributed by atoms with Crippen LogP contribution in [0.1, 0.15) is 82.7 Å². The lowest BCUT2D eigenvalue weighted by Gasteiger charge is -2.28. The van der Waals surface area contributed by atoms with Crippen LogP contribution in [0.2, 0.25) is 0 Å².